The Morgan fingerprint density at radius 1 is 1.36 bits per heavy atom. The highest BCUT2D eigenvalue weighted by Gasteiger charge is 2.14. The zero-order valence-electron chi connectivity index (χ0n) is 6.76. The number of ether oxygens (including phenoxy) is 1. The van der Waals surface area contributed by atoms with Crippen molar-refractivity contribution in [2.75, 3.05) is 6.35 Å². The van der Waals surface area contributed by atoms with Crippen LogP contribution in [0, 0.1) is 0 Å². The van der Waals surface area contributed by atoms with Crippen LogP contribution in [-0.2, 0) is 4.57 Å². The molecule has 0 fully saturated rings. The average molecular weight is 222 g/mol. The summed E-state index contributed by atoms with van der Waals surface area (Å²) in [6.45, 7) is 0. The van der Waals surface area contributed by atoms with Crippen molar-refractivity contribution < 1.29 is 19.1 Å². The van der Waals surface area contributed by atoms with Gasteiger partial charge in [0.05, 0.1) is 6.07 Å². The first-order valence-corrected chi connectivity index (χ1v) is 5.17. The van der Waals surface area contributed by atoms with Crippen molar-refractivity contribution in [1.82, 2.24) is 9.97 Å². The molecule has 1 aromatic rings. The summed E-state index contributed by atoms with van der Waals surface area (Å²) in [5, 5.41) is 0. The Bertz CT molecular complexity index is 441. The maximum absolute atomic E-state index is 10.7. The average Bonchev–Trinajstić information content (AvgIpc) is 1.97. The fraction of sp³-hybridized carbons (Fsp3) is 0.200. The Labute approximate surface area is 76.7 Å². The summed E-state index contributed by atoms with van der Waals surface area (Å²) in [6.07, 6.45) is -0.896. The second-order valence-electron chi connectivity index (χ2n) is 2.39. The lowest BCUT2D eigenvalue weighted by atomic mass is 10.6. The van der Waals surface area contributed by atoms with Crippen LogP contribution in [0.25, 0.3) is 0 Å². The Balaban J connectivity index is 2.83. The second kappa shape index (κ2) is 3.79. The molecule has 78 valence electrons. The number of hydrogen-bond acceptors (Lipinski definition) is 4. The summed E-state index contributed by atoms with van der Waals surface area (Å²) < 4.78 is 14.9. The number of aromatic amines is 2. The van der Waals surface area contributed by atoms with Crippen LogP contribution in [0.1, 0.15) is 0 Å². The van der Waals surface area contributed by atoms with E-state index in [1.54, 1.807) is 0 Å². The number of nitrogens with one attached hydrogen (secondary N) is 2. The number of aromatic nitrogens is 2. The zero-order chi connectivity index (χ0) is 10.8. The van der Waals surface area contributed by atoms with E-state index in [1.165, 1.54) is 0 Å². The molecular weight excluding hydrogens is 215 g/mol. The highest BCUT2D eigenvalue weighted by atomic mass is 31.2. The monoisotopic (exact) mass is 222 g/mol. The fourth-order valence-corrected chi connectivity index (χ4v) is 0.985. The van der Waals surface area contributed by atoms with Gasteiger partial charge in [-0.15, -0.1) is 0 Å². The van der Waals surface area contributed by atoms with Gasteiger partial charge in [-0.2, -0.15) is 0 Å². The van der Waals surface area contributed by atoms with Gasteiger partial charge in [0.1, 0.15) is 0 Å². The van der Waals surface area contributed by atoms with Crippen molar-refractivity contribution in [2.24, 2.45) is 0 Å². The van der Waals surface area contributed by atoms with E-state index in [1.807, 2.05) is 9.97 Å². The quantitative estimate of drug-likeness (QED) is 0.464. The molecule has 14 heavy (non-hydrogen) atoms. The largest absolute Gasteiger partial charge is 0.466 e. The van der Waals surface area contributed by atoms with Crippen LogP contribution in [0.2, 0.25) is 0 Å². The Morgan fingerprint density at radius 2 is 2.00 bits per heavy atom. The van der Waals surface area contributed by atoms with Crippen LogP contribution in [0.15, 0.2) is 15.7 Å². The molecule has 9 heteroatoms. The van der Waals surface area contributed by atoms with E-state index in [0.29, 0.717) is 0 Å². The lowest BCUT2D eigenvalue weighted by Gasteiger charge is -2.05. The van der Waals surface area contributed by atoms with Gasteiger partial charge < -0.3 is 14.5 Å². The molecule has 0 spiro atoms. The van der Waals surface area contributed by atoms with Crippen molar-refractivity contribution in [3.05, 3.63) is 26.9 Å². The van der Waals surface area contributed by atoms with Gasteiger partial charge in [0, 0.05) is 0 Å². The van der Waals surface area contributed by atoms with Gasteiger partial charge >= 0.3 is 13.3 Å². The first kappa shape index (κ1) is 10.7. The van der Waals surface area contributed by atoms with Gasteiger partial charge in [-0.1, -0.05) is 0 Å². The molecule has 0 atom stereocenters. The summed E-state index contributed by atoms with van der Waals surface area (Å²) in [7, 11) is -4.32. The minimum absolute atomic E-state index is 0.290. The highest BCUT2D eigenvalue weighted by molar-refractivity contribution is 7.51. The summed E-state index contributed by atoms with van der Waals surface area (Å²) in [4.78, 5) is 42.1. The van der Waals surface area contributed by atoms with E-state index in [0.717, 1.165) is 6.07 Å². The van der Waals surface area contributed by atoms with Crippen LogP contribution in [0.4, 0.5) is 0 Å². The van der Waals surface area contributed by atoms with E-state index in [9.17, 15) is 14.2 Å². The standard InChI is InChI=1S/C5H7N2O6P/c8-3-1-4(7-5(9)6-3)13-2-14(10,11)12/h1H,2H2,(H2,10,11,12)(H2,6,7,8,9). The van der Waals surface area contributed by atoms with Gasteiger partial charge in [-0.3, -0.25) is 19.3 Å². The minimum Gasteiger partial charge on any atom is -0.466 e. The van der Waals surface area contributed by atoms with E-state index in [2.05, 4.69) is 4.74 Å². The maximum atomic E-state index is 10.7. The molecule has 0 saturated carbocycles. The van der Waals surface area contributed by atoms with Crippen molar-refractivity contribution in [2.45, 2.75) is 0 Å². The molecule has 8 nitrogen and oxygen atoms in total. The third kappa shape index (κ3) is 3.56. The molecule has 0 unspecified atom stereocenters. The Kier molecular flexibility index (Phi) is 2.90. The molecule has 1 aromatic heterocycles. The predicted molar refractivity (Wildman–Crippen MR) is 45.2 cm³/mol. The molecule has 0 aliphatic heterocycles. The van der Waals surface area contributed by atoms with E-state index in [4.69, 9.17) is 9.79 Å². The number of hydrogen-bond donors (Lipinski definition) is 4. The minimum atomic E-state index is -4.32. The van der Waals surface area contributed by atoms with Crippen molar-refractivity contribution in [3.8, 4) is 5.88 Å². The second-order valence-corrected chi connectivity index (χ2v) is 3.98. The van der Waals surface area contributed by atoms with Gasteiger partial charge in [-0.25, -0.2) is 4.79 Å². The zero-order valence-corrected chi connectivity index (χ0v) is 7.65. The van der Waals surface area contributed by atoms with Crippen molar-refractivity contribution in [1.29, 1.82) is 0 Å². The molecule has 0 radical (unpaired) electrons. The third-order valence-corrected chi connectivity index (χ3v) is 1.59. The van der Waals surface area contributed by atoms with Gasteiger partial charge in [0.15, 0.2) is 6.35 Å². The molecule has 0 aliphatic carbocycles. The van der Waals surface area contributed by atoms with E-state index >= 15 is 0 Å². The van der Waals surface area contributed by atoms with Gasteiger partial charge in [0.2, 0.25) is 5.88 Å². The summed E-state index contributed by atoms with van der Waals surface area (Å²) in [5.41, 5.74) is -1.52. The fourth-order valence-electron chi connectivity index (χ4n) is 0.678. The van der Waals surface area contributed by atoms with Gasteiger partial charge in [-0.05, 0) is 0 Å². The molecule has 0 amide bonds. The maximum Gasteiger partial charge on any atom is 0.362 e. The number of rotatable bonds is 3. The summed E-state index contributed by atoms with van der Waals surface area (Å²) >= 11 is 0. The van der Waals surface area contributed by atoms with Crippen molar-refractivity contribution in [3.63, 3.8) is 0 Å². The highest BCUT2D eigenvalue weighted by Crippen LogP contribution is 2.33. The summed E-state index contributed by atoms with van der Waals surface area (Å²) in [5.74, 6) is -0.290. The molecule has 1 rings (SSSR count). The van der Waals surface area contributed by atoms with Crippen LogP contribution in [-0.4, -0.2) is 26.1 Å². The molecule has 0 bridgehead atoms. The smallest absolute Gasteiger partial charge is 0.362 e. The van der Waals surface area contributed by atoms with Crippen LogP contribution in [0.3, 0.4) is 0 Å². The molecule has 0 aliphatic rings. The molecule has 4 N–H and O–H groups in total. The lowest BCUT2D eigenvalue weighted by Crippen LogP contribution is -2.21. The normalized spacial score (nSPS) is 11.3. The number of H-pyrrole nitrogens is 2. The van der Waals surface area contributed by atoms with Crippen LogP contribution >= 0.6 is 7.60 Å². The first-order chi connectivity index (χ1) is 6.37. The van der Waals surface area contributed by atoms with Crippen molar-refractivity contribution >= 4 is 7.60 Å². The predicted octanol–water partition coefficient (Wildman–Crippen LogP) is -1.42. The topological polar surface area (TPSA) is 132 Å². The van der Waals surface area contributed by atoms with E-state index < -0.39 is 25.2 Å². The SMILES string of the molecule is O=c1cc(OCP(=O)(O)O)[nH]c(=O)[nH]1. The van der Waals surface area contributed by atoms with Gasteiger partial charge in [0.25, 0.3) is 5.56 Å². The third-order valence-electron chi connectivity index (χ3n) is 1.12. The lowest BCUT2D eigenvalue weighted by molar-refractivity contribution is 0.293. The molecule has 1 heterocycles. The Morgan fingerprint density at radius 3 is 2.50 bits per heavy atom. The molecule has 0 saturated heterocycles. The van der Waals surface area contributed by atoms with Crippen LogP contribution < -0.4 is 16.0 Å². The molecular formula is C5H7N2O6P. The molecule has 0 aromatic carbocycles. The van der Waals surface area contributed by atoms with E-state index in [-0.39, 0.29) is 5.88 Å². The Hall–Kier alpha value is -1.37. The summed E-state index contributed by atoms with van der Waals surface area (Å²) in [6, 6.07) is 0.872. The van der Waals surface area contributed by atoms with Crippen LogP contribution in [0.5, 0.6) is 5.88 Å². The first-order valence-electron chi connectivity index (χ1n) is 3.38.